The third kappa shape index (κ3) is 1.89. The maximum Gasteiger partial charge on any atom is 0.256 e. The highest BCUT2D eigenvalue weighted by Gasteiger charge is 2.40. The number of carbonyl (C=O) groups is 1. The van der Waals surface area contributed by atoms with Crippen LogP contribution in [0, 0.1) is 6.92 Å². The molecule has 1 amide bonds. The Morgan fingerprint density at radius 2 is 2.11 bits per heavy atom. The molecular formula is C13H15ClN2O2. The molecule has 0 aliphatic carbocycles. The standard InChI is InChI=1S/C13H15ClN2O2/c1-8-4-12(14)15-5-11(8)13(17)16-9-2-3-10(16)7-18-6-9/h4-5,9-10H,2-3,6-7H2,1H3/t9-,10-/m0/s1. The summed E-state index contributed by atoms with van der Waals surface area (Å²) in [5.74, 6) is 0.0625. The topological polar surface area (TPSA) is 42.4 Å². The van der Waals surface area contributed by atoms with Gasteiger partial charge in [-0.1, -0.05) is 11.6 Å². The molecule has 0 unspecified atom stereocenters. The lowest BCUT2D eigenvalue weighted by atomic mass is 10.1. The van der Waals surface area contributed by atoms with Gasteiger partial charge < -0.3 is 9.64 Å². The summed E-state index contributed by atoms with van der Waals surface area (Å²) in [5, 5.41) is 0.425. The largest absolute Gasteiger partial charge is 0.377 e. The number of rotatable bonds is 1. The molecule has 5 heteroatoms. The zero-order chi connectivity index (χ0) is 12.7. The zero-order valence-corrected chi connectivity index (χ0v) is 11.0. The van der Waals surface area contributed by atoms with E-state index in [9.17, 15) is 4.79 Å². The van der Waals surface area contributed by atoms with E-state index in [0.29, 0.717) is 23.9 Å². The first kappa shape index (κ1) is 11.9. The fraction of sp³-hybridized carbons (Fsp3) is 0.538. The van der Waals surface area contributed by atoms with Gasteiger partial charge in [-0.2, -0.15) is 0 Å². The van der Waals surface area contributed by atoms with Crippen molar-refractivity contribution in [3.05, 3.63) is 28.5 Å². The first-order chi connectivity index (χ1) is 8.66. The van der Waals surface area contributed by atoms with E-state index >= 15 is 0 Å². The number of hydrogen-bond acceptors (Lipinski definition) is 3. The highest BCUT2D eigenvalue weighted by Crippen LogP contribution is 2.30. The van der Waals surface area contributed by atoms with Gasteiger partial charge in [-0.15, -0.1) is 0 Å². The van der Waals surface area contributed by atoms with Crippen LogP contribution in [0.1, 0.15) is 28.8 Å². The van der Waals surface area contributed by atoms with Gasteiger partial charge in [0.15, 0.2) is 0 Å². The number of amides is 1. The molecule has 2 aliphatic rings. The molecule has 3 heterocycles. The normalized spacial score (nSPS) is 26.4. The van der Waals surface area contributed by atoms with Gasteiger partial charge in [-0.25, -0.2) is 4.98 Å². The van der Waals surface area contributed by atoms with Crippen molar-refractivity contribution in [2.75, 3.05) is 13.2 Å². The van der Waals surface area contributed by atoms with Gasteiger partial charge in [0.05, 0.1) is 30.9 Å². The Balaban J connectivity index is 1.90. The van der Waals surface area contributed by atoms with Crippen LogP contribution in [-0.2, 0) is 4.74 Å². The molecule has 0 spiro atoms. The lowest BCUT2D eigenvalue weighted by molar-refractivity contribution is -0.00721. The Labute approximate surface area is 111 Å². The number of morpholine rings is 1. The number of halogens is 1. The second-order valence-electron chi connectivity index (χ2n) is 4.96. The molecule has 0 aromatic carbocycles. The molecule has 2 atom stereocenters. The summed E-state index contributed by atoms with van der Waals surface area (Å²) in [6.45, 7) is 3.20. The quantitative estimate of drug-likeness (QED) is 0.731. The molecule has 2 fully saturated rings. The maximum absolute atomic E-state index is 12.6. The van der Waals surface area contributed by atoms with Crippen LogP contribution in [0.5, 0.6) is 0 Å². The van der Waals surface area contributed by atoms with E-state index in [1.54, 1.807) is 12.3 Å². The third-order valence-electron chi connectivity index (χ3n) is 3.78. The van der Waals surface area contributed by atoms with Crippen LogP contribution in [0.2, 0.25) is 5.15 Å². The molecule has 2 aliphatic heterocycles. The SMILES string of the molecule is Cc1cc(Cl)ncc1C(=O)N1[C@H]2CC[C@H]1COC2. The van der Waals surface area contributed by atoms with Crippen LogP contribution >= 0.6 is 11.6 Å². The van der Waals surface area contributed by atoms with Gasteiger partial charge in [0.2, 0.25) is 0 Å². The van der Waals surface area contributed by atoms with Crippen molar-refractivity contribution < 1.29 is 9.53 Å². The summed E-state index contributed by atoms with van der Waals surface area (Å²) < 4.78 is 5.49. The van der Waals surface area contributed by atoms with Gasteiger partial charge in [-0.05, 0) is 31.4 Å². The average Bonchev–Trinajstić information content (AvgIpc) is 2.58. The summed E-state index contributed by atoms with van der Waals surface area (Å²) in [4.78, 5) is 18.6. The van der Waals surface area contributed by atoms with Crippen LogP contribution < -0.4 is 0 Å². The lowest BCUT2D eigenvalue weighted by Crippen LogP contribution is -2.49. The molecule has 4 nitrogen and oxygen atoms in total. The van der Waals surface area contributed by atoms with E-state index in [4.69, 9.17) is 16.3 Å². The second-order valence-corrected chi connectivity index (χ2v) is 5.34. The lowest BCUT2D eigenvalue weighted by Gasteiger charge is -2.34. The van der Waals surface area contributed by atoms with Gasteiger partial charge in [0.25, 0.3) is 5.91 Å². The Hall–Kier alpha value is -1.13. The van der Waals surface area contributed by atoms with Crippen molar-refractivity contribution in [1.82, 2.24) is 9.88 Å². The van der Waals surface area contributed by atoms with Crippen LogP contribution in [0.25, 0.3) is 0 Å². The number of pyridine rings is 1. The second kappa shape index (κ2) is 4.52. The van der Waals surface area contributed by atoms with E-state index in [2.05, 4.69) is 4.98 Å². The van der Waals surface area contributed by atoms with Gasteiger partial charge in [0, 0.05) is 6.20 Å². The zero-order valence-electron chi connectivity index (χ0n) is 10.2. The minimum Gasteiger partial charge on any atom is -0.377 e. The molecule has 0 radical (unpaired) electrons. The number of fused-ring (bicyclic) bond motifs is 2. The molecule has 96 valence electrons. The number of nitrogens with zero attached hydrogens (tertiary/aromatic N) is 2. The first-order valence-electron chi connectivity index (χ1n) is 6.19. The van der Waals surface area contributed by atoms with Crippen LogP contribution in [0.3, 0.4) is 0 Å². The monoisotopic (exact) mass is 266 g/mol. The fourth-order valence-corrected chi connectivity index (χ4v) is 3.06. The first-order valence-corrected chi connectivity index (χ1v) is 6.57. The maximum atomic E-state index is 12.6. The predicted octanol–water partition coefficient (Wildman–Crippen LogP) is 2.05. The van der Waals surface area contributed by atoms with Gasteiger partial charge >= 0.3 is 0 Å². The Bertz CT molecular complexity index is 476. The highest BCUT2D eigenvalue weighted by molar-refractivity contribution is 6.29. The van der Waals surface area contributed by atoms with E-state index in [1.807, 2.05) is 11.8 Å². The van der Waals surface area contributed by atoms with Crippen LogP contribution in [-0.4, -0.2) is 41.1 Å². The van der Waals surface area contributed by atoms with Crippen molar-refractivity contribution in [2.45, 2.75) is 31.8 Å². The molecule has 2 bridgehead atoms. The van der Waals surface area contributed by atoms with E-state index in [-0.39, 0.29) is 18.0 Å². The number of ether oxygens (including phenoxy) is 1. The summed E-state index contributed by atoms with van der Waals surface area (Å²) in [5.41, 5.74) is 1.53. The molecule has 3 rings (SSSR count). The molecular weight excluding hydrogens is 252 g/mol. The smallest absolute Gasteiger partial charge is 0.256 e. The predicted molar refractivity (Wildman–Crippen MR) is 67.8 cm³/mol. The number of carbonyl (C=O) groups excluding carboxylic acids is 1. The summed E-state index contributed by atoms with van der Waals surface area (Å²) in [6, 6.07) is 2.19. The van der Waals surface area contributed by atoms with Crippen molar-refractivity contribution in [3.63, 3.8) is 0 Å². The van der Waals surface area contributed by atoms with Crippen LogP contribution in [0.4, 0.5) is 0 Å². The molecule has 2 saturated heterocycles. The Morgan fingerprint density at radius 1 is 1.44 bits per heavy atom. The van der Waals surface area contributed by atoms with E-state index < -0.39 is 0 Å². The number of aryl methyl sites for hydroxylation is 1. The summed E-state index contributed by atoms with van der Waals surface area (Å²) in [6.07, 6.45) is 3.65. The minimum absolute atomic E-state index is 0.0625. The van der Waals surface area contributed by atoms with Crippen molar-refractivity contribution in [2.24, 2.45) is 0 Å². The Morgan fingerprint density at radius 3 is 2.72 bits per heavy atom. The van der Waals surface area contributed by atoms with Gasteiger partial charge in [-0.3, -0.25) is 4.79 Å². The van der Waals surface area contributed by atoms with Crippen molar-refractivity contribution in [1.29, 1.82) is 0 Å². The molecule has 1 aromatic heterocycles. The molecule has 0 saturated carbocycles. The van der Waals surface area contributed by atoms with E-state index in [1.165, 1.54) is 0 Å². The molecule has 0 N–H and O–H groups in total. The fourth-order valence-electron chi connectivity index (χ4n) is 2.84. The van der Waals surface area contributed by atoms with Crippen molar-refractivity contribution in [3.8, 4) is 0 Å². The number of aromatic nitrogens is 1. The van der Waals surface area contributed by atoms with Crippen LogP contribution in [0.15, 0.2) is 12.3 Å². The number of hydrogen-bond donors (Lipinski definition) is 0. The molecule has 1 aromatic rings. The van der Waals surface area contributed by atoms with Crippen molar-refractivity contribution >= 4 is 17.5 Å². The summed E-state index contributed by atoms with van der Waals surface area (Å²) in [7, 11) is 0. The average molecular weight is 267 g/mol. The third-order valence-corrected chi connectivity index (χ3v) is 3.99. The Kier molecular flexibility index (Phi) is 2.99. The minimum atomic E-state index is 0.0625. The summed E-state index contributed by atoms with van der Waals surface area (Å²) >= 11 is 5.82. The molecule has 18 heavy (non-hydrogen) atoms. The highest BCUT2D eigenvalue weighted by atomic mass is 35.5. The van der Waals surface area contributed by atoms with E-state index in [0.717, 1.165) is 18.4 Å². The van der Waals surface area contributed by atoms with Gasteiger partial charge in [0.1, 0.15) is 5.15 Å².